The number of aromatic amines is 1. The van der Waals surface area contributed by atoms with Crippen LogP contribution in [0.15, 0.2) is 35.1 Å². The van der Waals surface area contributed by atoms with Crippen LogP contribution in [-0.4, -0.2) is 11.6 Å². The molecule has 0 spiro atoms. The molecule has 0 amide bonds. The molecule has 0 fully saturated rings. The minimum atomic E-state index is -0.343. The molecule has 0 aliphatic rings. The van der Waals surface area contributed by atoms with Crippen molar-refractivity contribution in [3.05, 3.63) is 57.5 Å². The predicted octanol–water partition coefficient (Wildman–Crippen LogP) is 3.54. The molecular weight excluding hydrogens is 276 g/mol. The van der Waals surface area contributed by atoms with Crippen LogP contribution in [0.5, 0.6) is 0 Å². The van der Waals surface area contributed by atoms with Gasteiger partial charge in [-0.3, -0.25) is 4.79 Å². The topological polar surface area (TPSA) is 65.9 Å². The average molecular weight is 296 g/mol. The molecule has 0 unspecified atom stereocenters. The van der Waals surface area contributed by atoms with Gasteiger partial charge in [0.2, 0.25) is 0 Å². The summed E-state index contributed by atoms with van der Waals surface area (Å²) < 4.78 is 5.58. The number of rotatable bonds is 6. The fraction of sp³-hybridized carbons (Fsp3) is 0.333. The van der Waals surface area contributed by atoms with Crippen LogP contribution in [0.2, 0.25) is 0 Å². The number of aryl methyl sites for hydroxylation is 1. The maximum Gasteiger partial charge on any atom is 0.266 e. The molecule has 4 heteroatoms. The monoisotopic (exact) mass is 296 g/mol. The van der Waals surface area contributed by atoms with E-state index in [0.717, 1.165) is 36.3 Å². The molecule has 1 aromatic heterocycles. The number of pyridine rings is 1. The van der Waals surface area contributed by atoms with Gasteiger partial charge in [-0.25, -0.2) is 0 Å². The molecule has 1 N–H and O–H groups in total. The van der Waals surface area contributed by atoms with Gasteiger partial charge in [0.25, 0.3) is 5.56 Å². The SMILES string of the molecule is CCCCOCc1ccc(-c2cc(C)[nH]c(=O)c2C#N)cc1. The summed E-state index contributed by atoms with van der Waals surface area (Å²) in [6.45, 7) is 5.29. The van der Waals surface area contributed by atoms with Crippen LogP contribution in [0, 0.1) is 18.3 Å². The van der Waals surface area contributed by atoms with Crippen molar-refractivity contribution in [2.75, 3.05) is 6.61 Å². The second kappa shape index (κ2) is 7.58. The van der Waals surface area contributed by atoms with Crippen LogP contribution in [0.25, 0.3) is 11.1 Å². The van der Waals surface area contributed by atoms with Gasteiger partial charge in [0.05, 0.1) is 6.61 Å². The number of hydrogen-bond acceptors (Lipinski definition) is 3. The van der Waals surface area contributed by atoms with E-state index in [9.17, 15) is 10.1 Å². The Labute approximate surface area is 130 Å². The first-order chi connectivity index (χ1) is 10.7. The van der Waals surface area contributed by atoms with Crippen LogP contribution >= 0.6 is 0 Å². The number of benzene rings is 1. The third-order valence-corrected chi connectivity index (χ3v) is 3.46. The highest BCUT2D eigenvalue weighted by molar-refractivity contribution is 5.70. The van der Waals surface area contributed by atoms with E-state index < -0.39 is 0 Å². The average Bonchev–Trinajstić information content (AvgIpc) is 2.51. The Kier molecular flexibility index (Phi) is 5.51. The molecular formula is C18H20N2O2. The fourth-order valence-electron chi connectivity index (χ4n) is 2.24. The van der Waals surface area contributed by atoms with Gasteiger partial charge in [0.15, 0.2) is 0 Å². The zero-order valence-electron chi connectivity index (χ0n) is 13.0. The Balaban J connectivity index is 2.21. The molecule has 1 heterocycles. The van der Waals surface area contributed by atoms with E-state index in [1.165, 1.54) is 0 Å². The molecule has 114 valence electrons. The summed E-state index contributed by atoms with van der Waals surface area (Å²) in [5, 5.41) is 9.18. The third kappa shape index (κ3) is 3.84. The van der Waals surface area contributed by atoms with Crippen molar-refractivity contribution in [1.82, 2.24) is 4.98 Å². The Morgan fingerprint density at radius 3 is 2.64 bits per heavy atom. The first-order valence-corrected chi connectivity index (χ1v) is 7.46. The van der Waals surface area contributed by atoms with E-state index in [0.29, 0.717) is 12.2 Å². The highest BCUT2D eigenvalue weighted by atomic mass is 16.5. The second-order valence-electron chi connectivity index (χ2n) is 5.29. The third-order valence-electron chi connectivity index (χ3n) is 3.46. The number of nitrogens with zero attached hydrogens (tertiary/aromatic N) is 1. The molecule has 0 aliphatic carbocycles. The minimum absolute atomic E-state index is 0.151. The Morgan fingerprint density at radius 2 is 2.00 bits per heavy atom. The molecule has 0 aliphatic heterocycles. The number of nitrogens with one attached hydrogen (secondary N) is 1. The van der Waals surface area contributed by atoms with E-state index in [2.05, 4.69) is 11.9 Å². The first-order valence-electron chi connectivity index (χ1n) is 7.46. The molecule has 0 saturated carbocycles. The molecule has 2 aromatic rings. The summed E-state index contributed by atoms with van der Waals surface area (Å²) in [6, 6.07) is 11.6. The van der Waals surface area contributed by atoms with Crippen molar-refractivity contribution >= 4 is 0 Å². The van der Waals surface area contributed by atoms with E-state index in [-0.39, 0.29) is 11.1 Å². The molecule has 0 radical (unpaired) electrons. The van der Waals surface area contributed by atoms with Gasteiger partial charge < -0.3 is 9.72 Å². The lowest BCUT2D eigenvalue weighted by Gasteiger charge is -2.07. The second-order valence-corrected chi connectivity index (χ2v) is 5.29. The van der Waals surface area contributed by atoms with Crippen molar-refractivity contribution in [3.8, 4) is 17.2 Å². The lowest BCUT2D eigenvalue weighted by Crippen LogP contribution is -2.12. The van der Waals surface area contributed by atoms with Crippen molar-refractivity contribution in [2.24, 2.45) is 0 Å². The number of aromatic nitrogens is 1. The summed E-state index contributed by atoms with van der Waals surface area (Å²) in [4.78, 5) is 14.5. The molecule has 22 heavy (non-hydrogen) atoms. The first kappa shape index (κ1) is 16.0. The number of H-pyrrole nitrogens is 1. The van der Waals surface area contributed by atoms with Gasteiger partial charge in [-0.15, -0.1) is 0 Å². The smallest absolute Gasteiger partial charge is 0.266 e. The standard InChI is InChI=1S/C18H20N2O2/c1-3-4-9-22-12-14-5-7-15(8-6-14)16-10-13(2)20-18(21)17(16)11-19/h5-8,10H,3-4,9,12H2,1-2H3,(H,20,21). The molecule has 1 aromatic carbocycles. The van der Waals surface area contributed by atoms with Crippen LogP contribution in [-0.2, 0) is 11.3 Å². The van der Waals surface area contributed by atoms with Gasteiger partial charge in [-0.2, -0.15) is 5.26 Å². The van der Waals surface area contributed by atoms with Gasteiger partial charge in [-0.1, -0.05) is 37.6 Å². The Bertz CT molecular complexity index is 724. The minimum Gasteiger partial charge on any atom is -0.377 e. The summed E-state index contributed by atoms with van der Waals surface area (Å²) in [5.41, 5.74) is 3.16. The number of nitriles is 1. The van der Waals surface area contributed by atoms with E-state index in [4.69, 9.17) is 4.74 Å². The number of unbranched alkanes of at least 4 members (excludes halogenated alkanes) is 1. The maximum absolute atomic E-state index is 11.8. The summed E-state index contributed by atoms with van der Waals surface area (Å²) in [5.74, 6) is 0. The zero-order chi connectivity index (χ0) is 15.9. The summed E-state index contributed by atoms with van der Waals surface area (Å²) in [6.07, 6.45) is 2.19. The van der Waals surface area contributed by atoms with Crippen molar-refractivity contribution < 1.29 is 4.74 Å². The van der Waals surface area contributed by atoms with Crippen LogP contribution < -0.4 is 5.56 Å². The van der Waals surface area contributed by atoms with Crippen LogP contribution in [0.1, 0.15) is 36.6 Å². The van der Waals surface area contributed by atoms with E-state index >= 15 is 0 Å². The maximum atomic E-state index is 11.8. The zero-order valence-corrected chi connectivity index (χ0v) is 13.0. The lowest BCUT2D eigenvalue weighted by molar-refractivity contribution is 0.118. The quantitative estimate of drug-likeness (QED) is 0.829. The largest absolute Gasteiger partial charge is 0.377 e. The Morgan fingerprint density at radius 1 is 1.27 bits per heavy atom. The molecule has 0 bridgehead atoms. The van der Waals surface area contributed by atoms with Crippen molar-refractivity contribution in [1.29, 1.82) is 5.26 Å². The van der Waals surface area contributed by atoms with E-state index in [1.54, 1.807) is 0 Å². The lowest BCUT2D eigenvalue weighted by atomic mass is 10.00. The predicted molar refractivity (Wildman–Crippen MR) is 86.5 cm³/mol. The highest BCUT2D eigenvalue weighted by Gasteiger charge is 2.10. The van der Waals surface area contributed by atoms with Gasteiger partial charge in [0.1, 0.15) is 11.6 Å². The fourth-order valence-corrected chi connectivity index (χ4v) is 2.24. The molecule has 0 atom stereocenters. The van der Waals surface area contributed by atoms with Crippen molar-refractivity contribution in [2.45, 2.75) is 33.3 Å². The summed E-state index contributed by atoms with van der Waals surface area (Å²) in [7, 11) is 0. The van der Waals surface area contributed by atoms with E-state index in [1.807, 2.05) is 43.3 Å². The van der Waals surface area contributed by atoms with Crippen molar-refractivity contribution in [3.63, 3.8) is 0 Å². The molecule has 4 nitrogen and oxygen atoms in total. The normalized spacial score (nSPS) is 10.4. The number of hydrogen-bond donors (Lipinski definition) is 1. The van der Waals surface area contributed by atoms with Gasteiger partial charge in [-0.05, 0) is 30.5 Å². The molecule has 2 rings (SSSR count). The number of ether oxygens (including phenoxy) is 1. The Hall–Kier alpha value is -2.38. The van der Waals surface area contributed by atoms with Gasteiger partial charge >= 0.3 is 0 Å². The highest BCUT2D eigenvalue weighted by Crippen LogP contribution is 2.22. The summed E-state index contributed by atoms with van der Waals surface area (Å²) >= 11 is 0. The van der Waals surface area contributed by atoms with Gasteiger partial charge in [0, 0.05) is 17.9 Å². The van der Waals surface area contributed by atoms with Crippen LogP contribution in [0.4, 0.5) is 0 Å². The van der Waals surface area contributed by atoms with Crippen LogP contribution in [0.3, 0.4) is 0 Å². The molecule has 0 saturated heterocycles.